The van der Waals surface area contributed by atoms with E-state index in [0.29, 0.717) is 24.1 Å². The highest BCUT2D eigenvalue weighted by Gasteiger charge is 2.41. The second-order valence-electron chi connectivity index (χ2n) is 6.78. The zero-order valence-corrected chi connectivity index (χ0v) is 12.5. The molecule has 2 aliphatic rings. The van der Waals surface area contributed by atoms with Crippen molar-refractivity contribution in [2.45, 2.75) is 39.0 Å². The SMILES string of the molecule is CC1(C)CC(=O)C2=C(C1)NC(=O)C[C@H]2c1cccc(F)c1F. The molecule has 1 aromatic carbocycles. The molecule has 1 atom stereocenters. The Morgan fingerprint density at radius 1 is 1.18 bits per heavy atom. The lowest BCUT2D eigenvalue weighted by Crippen LogP contribution is -2.40. The Hall–Kier alpha value is -2.04. The maximum absolute atomic E-state index is 14.1. The minimum Gasteiger partial charge on any atom is -0.329 e. The van der Waals surface area contributed by atoms with Gasteiger partial charge < -0.3 is 5.32 Å². The van der Waals surface area contributed by atoms with Crippen LogP contribution in [0.4, 0.5) is 8.78 Å². The average Bonchev–Trinajstić information content (AvgIpc) is 2.39. The highest BCUT2D eigenvalue weighted by Crippen LogP contribution is 2.44. The third-order valence-electron chi connectivity index (χ3n) is 4.31. The van der Waals surface area contributed by atoms with Crippen LogP contribution in [0.2, 0.25) is 0 Å². The largest absolute Gasteiger partial charge is 0.329 e. The second kappa shape index (κ2) is 5.00. The zero-order chi connectivity index (χ0) is 16.1. The fourth-order valence-corrected chi connectivity index (χ4v) is 3.41. The van der Waals surface area contributed by atoms with Crippen molar-refractivity contribution in [3.63, 3.8) is 0 Å². The van der Waals surface area contributed by atoms with Crippen molar-refractivity contribution in [2.75, 3.05) is 0 Å². The van der Waals surface area contributed by atoms with Crippen molar-refractivity contribution in [3.8, 4) is 0 Å². The third kappa shape index (κ3) is 2.45. The van der Waals surface area contributed by atoms with Crippen LogP contribution in [0.5, 0.6) is 0 Å². The molecule has 3 rings (SSSR count). The first-order valence-electron chi connectivity index (χ1n) is 7.28. The summed E-state index contributed by atoms with van der Waals surface area (Å²) in [6.45, 7) is 3.90. The van der Waals surface area contributed by atoms with Crippen LogP contribution >= 0.6 is 0 Å². The Kier molecular flexibility index (Phi) is 3.38. The Morgan fingerprint density at radius 2 is 1.91 bits per heavy atom. The molecule has 1 N–H and O–H groups in total. The maximum Gasteiger partial charge on any atom is 0.225 e. The van der Waals surface area contributed by atoms with Crippen LogP contribution in [0.25, 0.3) is 0 Å². The minimum atomic E-state index is -0.980. The lowest BCUT2D eigenvalue weighted by Gasteiger charge is -2.37. The van der Waals surface area contributed by atoms with Crippen molar-refractivity contribution in [1.82, 2.24) is 5.32 Å². The fourth-order valence-electron chi connectivity index (χ4n) is 3.41. The van der Waals surface area contributed by atoms with Gasteiger partial charge in [-0.1, -0.05) is 26.0 Å². The Bertz CT molecular complexity index is 707. The summed E-state index contributed by atoms with van der Waals surface area (Å²) in [5, 5.41) is 2.74. The number of rotatable bonds is 1. The predicted molar refractivity (Wildman–Crippen MR) is 76.9 cm³/mol. The minimum absolute atomic E-state index is 0.0363. The summed E-state index contributed by atoms with van der Waals surface area (Å²) in [6, 6.07) is 3.87. The third-order valence-corrected chi connectivity index (χ3v) is 4.31. The van der Waals surface area contributed by atoms with Gasteiger partial charge in [0.2, 0.25) is 5.91 Å². The van der Waals surface area contributed by atoms with Crippen molar-refractivity contribution >= 4 is 11.7 Å². The molecule has 1 aliphatic heterocycles. The molecule has 1 amide bonds. The van der Waals surface area contributed by atoms with Crippen LogP contribution in [-0.4, -0.2) is 11.7 Å². The molecular weight excluding hydrogens is 288 g/mol. The summed E-state index contributed by atoms with van der Waals surface area (Å²) >= 11 is 0. The van der Waals surface area contributed by atoms with Gasteiger partial charge in [-0.25, -0.2) is 8.78 Å². The first-order chi connectivity index (χ1) is 10.3. The van der Waals surface area contributed by atoms with E-state index in [4.69, 9.17) is 0 Å². The van der Waals surface area contributed by atoms with Gasteiger partial charge in [0.1, 0.15) is 0 Å². The Labute approximate surface area is 127 Å². The molecule has 3 nitrogen and oxygen atoms in total. The van der Waals surface area contributed by atoms with Crippen LogP contribution < -0.4 is 5.32 Å². The van der Waals surface area contributed by atoms with Gasteiger partial charge in [-0.2, -0.15) is 0 Å². The number of amides is 1. The topological polar surface area (TPSA) is 46.2 Å². The van der Waals surface area contributed by atoms with Gasteiger partial charge in [0.05, 0.1) is 0 Å². The molecule has 5 heteroatoms. The summed E-state index contributed by atoms with van der Waals surface area (Å²) in [5.74, 6) is -3.01. The molecule has 116 valence electrons. The molecule has 1 aromatic rings. The van der Waals surface area contributed by atoms with Gasteiger partial charge >= 0.3 is 0 Å². The molecule has 0 aromatic heterocycles. The number of hydrogen-bond donors (Lipinski definition) is 1. The maximum atomic E-state index is 14.1. The van der Waals surface area contributed by atoms with Crippen molar-refractivity contribution in [1.29, 1.82) is 0 Å². The van der Waals surface area contributed by atoms with Crippen LogP contribution in [0.15, 0.2) is 29.5 Å². The van der Waals surface area contributed by atoms with Gasteiger partial charge in [0, 0.05) is 30.0 Å². The number of carbonyl (C=O) groups excluding carboxylic acids is 2. The van der Waals surface area contributed by atoms with Gasteiger partial charge in [-0.3, -0.25) is 9.59 Å². The van der Waals surface area contributed by atoms with Crippen molar-refractivity contribution in [2.24, 2.45) is 5.41 Å². The van der Waals surface area contributed by atoms with Gasteiger partial charge in [-0.15, -0.1) is 0 Å². The molecule has 22 heavy (non-hydrogen) atoms. The van der Waals surface area contributed by atoms with Crippen molar-refractivity contribution < 1.29 is 18.4 Å². The monoisotopic (exact) mass is 305 g/mol. The smallest absolute Gasteiger partial charge is 0.225 e. The van der Waals surface area contributed by atoms with Gasteiger partial charge in [0.15, 0.2) is 17.4 Å². The van der Waals surface area contributed by atoms with E-state index in [2.05, 4.69) is 5.32 Å². The van der Waals surface area contributed by atoms with E-state index in [9.17, 15) is 18.4 Å². The normalized spacial score (nSPS) is 24.1. The molecule has 0 saturated heterocycles. The standard InChI is InChI=1S/C17H17F2NO2/c1-17(2)7-12-15(13(21)8-17)10(6-14(22)20-12)9-4-3-5-11(18)16(9)19/h3-5,10H,6-8H2,1-2H3,(H,20,22)/t10-/m0/s1. The van der Waals surface area contributed by atoms with Crippen LogP contribution in [-0.2, 0) is 9.59 Å². The first kappa shape index (κ1) is 14.9. The number of carbonyl (C=O) groups is 2. The highest BCUT2D eigenvalue weighted by molar-refractivity contribution is 6.02. The number of benzene rings is 1. The average molecular weight is 305 g/mol. The van der Waals surface area contributed by atoms with E-state index >= 15 is 0 Å². The molecule has 0 unspecified atom stereocenters. The fraction of sp³-hybridized carbons (Fsp3) is 0.412. The quantitative estimate of drug-likeness (QED) is 0.866. The molecule has 0 spiro atoms. The summed E-state index contributed by atoms with van der Waals surface area (Å²) in [5.41, 5.74) is 0.830. The Morgan fingerprint density at radius 3 is 2.64 bits per heavy atom. The van der Waals surface area contributed by atoms with E-state index in [0.717, 1.165) is 6.07 Å². The Balaban J connectivity index is 2.13. The van der Waals surface area contributed by atoms with E-state index in [-0.39, 0.29) is 29.1 Å². The number of ketones is 1. The van der Waals surface area contributed by atoms with Crippen LogP contribution in [0.1, 0.15) is 44.6 Å². The number of hydrogen-bond acceptors (Lipinski definition) is 2. The number of Topliss-reactive ketones (excluding diaryl/α,β-unsaturated/α-hetero) is 1. The number of nitrogens with one attached hydrogen (secondary N) is 1. The number of halogens is 2. The molecule has 0 bridgehead atoms. The highest BCUT2D eigenvalue weighted by atomic mass is 19.2. The van der Waals surface area contributed by atoms with E-state index in [1.807, 2.05) is 13.8 Å². The van der Waals surface area contributed by atoms with Crippen molar-refractivity contribution in [3.05, 3.63) is 46.7 Å². The molecular formula is C17H17F2NO2. The second-order valence-corrected chi connectivity index (χ2v) is 6.78. The summed E-state index contributed by atoms with van der Waals surface area (Å²) in [6.07, 6.45) is 0.855. The summed E-state index contributed by atoms with van der Waals surface area (Å²) < 4.78 is 27.6. The molecule has 0 saturated carbocycles. The predicted octanol–water partition coefficient (Wildman–Crippen LogP) is 3.21. The molecule has 1 aliphatic carbocycles. The molecule has 1 heterocycles. The molecule has 0 fully saturated rings. The van der Waals surface area contributed by atoms with Crippen LogP contribution in [0, 0.1) is 17.0 Å². The lowest BCUT2D eigenvalue weighted by atomic mass is 9.70. The van der Waals surface area contributed by atoms with E-state index < -0.39 is 17.6 Å². The lowest BCUT2D eigenvalue weighted by molar-refractivity contribution is -0.122. The summed E-state index contributed by atoms with van der Waals surface area (Å²) in [7, 11) is 0. The zero-order valence-electron chi connectivity index (χ0n) is 12.5. The first-order valence-corrected chi connectivity index (χ1v) is 7.28. The van der Waals surface area contributed by atoms with E-state index in [1.54, 1.807) is 0 Å². The van der Waals surface area contributed by atoms with Crippen LogP contribution in [0.3, 0.4) is 0 Å². The molecule has 0 radical (unpaired) electrons. The number of allylic oxidation sites excluding steroid dienone is 2. The summed E-state index contributed by atoms with van der Waals surface area (Å²) in [4.78, 5) is 24.4. The van der Waals surface area contributed by atoms with E-state index in [1.165, 1.54) is 12.1 Å². The van der Waals surface area contributed by atoms with Gasteiger partial charge in [0.25, 0.3) is 0 Å². The van der Waals surface area contributed by atoms with Gasteiger partial charge in [-0.05, 0) is 23.5 Å².